The van der Waals surface area contributed by atoms with Gasteiger partial charge in [-0.25, -0.2) is 0 Å². The van der Waals surface area contributed by atoms with Gasteiger partial charge in [0, 0.05) is 6.42 Å². The monoisotopic (exact) mass is 838 g/mol. The second kappa shape index (κ2) is 50.6. The molecule has 0 radical (unpaired) electrons. The standard InChI is InChI=1S/C57H91NO3/c1-3-5-7-9-11-13-15-16-17-18-19-20-21-22-23-24-25-26-27-28-29-30-31-32-33-34-35-36-37-38-39-40-41-42-43-45-47-49-51-53-57(61)58-55(54-59)56(60)52-50-48-46-44-14-12-10-8-6-4-2/h5-8,11,13-14,16-17,19-20,22-23,25-26,28-29,31-32,34-35,44,50,52,55-56,59-60H,3-4,9-10,12,15,18,21,24,27,30,33,36-43,45-49,51,53-54H2,1-2H3,(H,58,61)/b7-5-,8-6+,13-11-,17-16-,20-19-,23-22-,26-25-,29-28-,32-31-,35-34-,44-14+,52-50+. The van der Waals surface area contributed by atoms with Crippen molar-refractivity contribution in [3.63, 3.8) is 0 Å². The van der Waals surface area contributed by atoms with Gasteiger partial charge in [-0.2, -0.15) is 0 Å². The number of nitrogens with one attached hydrogen (secondary N) is 1. The van der Waals surface area contributed by atoms with Gasteiger partial charge in [0.2, 0.25) is 5.91 Å². The first-order valence-corrected chi connectivity index (χ1v) is 24.5. The van der Waals surface area contributed by atoms with Gasteiger partial charge in [0.1, 0.15) is 0 Å². The summed E-state index contributed by atoms with van der Waals surface area (Å²) in [6.45, 7) is 4.03. The quantitative estimate of drug-likeness (QED) is 0.0424. The highest BCUT2D eigenvalue weighted by molar-refractivity contribution is 5.76. The number of amides is 1. The van der Waals surface area contributed by atoms with Crippen LogP contribution in [0.15, 0.2) is 146 Å². The van der Waals surface area contributed by atoms with E-state index >= 15 is 0 Å². The lowest BCUT2D eigenvalue weighted by molar-refractivity contribution is -0.123. The smallest absolute Gasteiger partial charge is 0.220 e. The second-order valence-electron chi connectivity index (χ2n) is 15.7. The fourth-order valence-electron chi connectivity index (χ4n) is 6.38. The predicted octanol–water partition coefficient (Wildman–Crippen LogP) is 16.1. The van der Waals surface area contributed by atoms with Crippen LogP contribution in [0.25, 0.3) is 0 Å². The molecular weight excluding hydrogens is 747 g/mol. The van der Waals surface area contributed by atoms with E-state index in [9.17, 15) is 15.0 Å². The number of rotatable bonds is 42. The molecule has 0 bridgehead atoms. The maximum atomic E-state index is 12.4. The molecule has 4 heteroatoms. The Balaban J connectivity index is 3.61. The van der Waals surface area contributed by atoms with Gasteiger partial charge in [-0.3, -0.25) is 4.79 Å². The van der Waals surface area contributed by atoms with Gasteiger partial charge >= 0.3 is 0 Å². The van der Waals surface area contributed by atoms with Crippen molar-refractivity contribution >= 4 is 5.91 Å². The molecule has 0 spiro atoms. The highest BCUT2D eigenvalue weighted by Gasteiger charge is 2.17. The molecule has 0 aliphatic heterocycles. The van der Waals surface area contributed by atoms with Crippen LogP contribution in [0.4, 0.5) is 0 Å². The molecule has 0 aromatic rings. The number of aliphatic hydroxyl groups excluding tert-OH is 2. The molecule has 342 valence electrons. The number of hydrogen-bond acceptors (Lipinski definition) is 3. The molecule has 0 aromatic carbocycles. The van der Waals surface area contributed by atoms with Crippen molar-refractivity contribution in [2.45, 2.75) is 199 Å². The van der Waals surface area contributed by atoms with Crippen molar-refractivity contribution in [3.05, 3.63) is 146 Å². The minimum absolute atomic E-state index is 0.0915. The van der Waals surface area contributed by atoms with Crippen LogP contribution in [-0.2, 0) is 4.79 Å². The van der Waals surface area contributed by atoms with Crippen molar-refractivity contribution in [3.8, 4) is 0 Å². The first-order valence-electron chi connectivity index (χ1n) is 24.5. The first-order chi connectivity index (χ1) is 30.2. The maximum absolute atomic E-state index is 12.4. The topological polar surface area (TPSA) is 69.6 Å². The summed E-state index contributed by atoms with van der Waals surface area (Å²) in [4.78, 5) is 12.4. The molecule has 0 fully saturated rings. The van der Waals surface area contributed by atoms with Gasteiger partial charge in [-0.05, 0) is 109 Å². The average molecular weight is 838 g/mol. The minimum atomic E-state index is -0.878. The van der Waals surface area contributed by atoms with Gasteiger partial charge in [-0.1, -0.05) is 217 Å². The molecule has 3 N–H and O–H groups in total. The summed E-state index contributed by atoms with van der Waals surface area (Å²) in [6.07, 6.45) is 81.3. The fourth-order valence-corrected chi connectivity index (χ4v) is 6.38. The Bertz CT molecular complexity index is 1320. The molecule has 2 atom stereocenters. The Morgan fingerprint density at radius 3 is 1.08 bits per heavy atom. The van der Waals surface area contributed by atoms with E-state index < -0.39 is 12.1 Å². The van der Waals surface area contributed by atoms with Crippen LogP contribution in [0.3, 0.4) is 0 Å². The van der Waals surface area contributed by atoms with Crippen LogP contribution in [0.5, 0.6) is 0 Å². The lowest BCUT2D eigenvalue weighted by Crippen LogP contribution is -2.45. The average Bonchev–Trinajstić information content (AvgIpc) is 3.26. The van der Waals surface area contributed by atoms with Crippen LogP contribution < -0.4 is 5.32 Å². The summed E-state index contributed by atoms with van der Waals surface area (Å²) < 4.78 is 0. The van der Waals surface area contributed by atoms with Crippen LogP contribution in [0, 0.1) is 0 Å². The van der Waals surface area contributed by atoms with E-state index in [4.69, 9.17) is 0 Å². The highest BCUT2D eigenvalue weighted by Crippen LogP contribution is 2.13. The van der Waals surface area contributed by atoms with Gasteiger partial charge in [-0.15, -0.1) is 0 Å². The first kappa shape index (κ1) is 57.3. The fraction of sp³-hybridized carbons (Fsp3) is 0.561. The van der Waals surface area contributed by atoms with E-state index in [-0.39, 0.29) is 12.5 Å². The van der Waals surface area contributed by atoms with Crippen molar-refractivity contribution in [1.82, 2.24) is 5.32 Å². The number of hydrogen-bond donors (Lipinski definition) is 3. The molecule has 1 amide bonds. The predicted molar refractivity (Wildman–Crippen MR) is 271 cm³/mol. The zero-order valence-electron chi connectivity index (χ0n) is 39.1. The third-order valence-electron chi connectivity index (χ3n) is 10.0. The summed E-state index contributed by atoms with van der Waals surface area (Å²) in [6, 6.07) is -0.654. The van der Waals surface area contributed by atoms with Crippen molar-refractivity contribution in [2.24, 2.45) is 0 Å². The molecule has 0 aliphatic rings. The summed E-state index contributed by atoms with van der Waals surface area (Å²) in [7, 11) is 0. The van der Waals surface area contributed by atoms with Gasteiger partial charge in [0.05, 0.1) is 18.8 Å². The Kier molecular flexibility index (Phi) is 47.5. The number of aliphatic hydroxyl groups is 2. The molecular formula is C57H91NO3. The van der Waals surface area contributed by atoms with Gasteiger partial charge < -0.3 is 15.5 Å². The summed E-state index contributed by atoms with van der Waals surface area (Å²) in [5.41, 5.74) is 0. The molecule has 4 nitrogen and oxygen atoms in total. The molecule has 2 unspecified atom stereocenters. The van der Waals surface area contributed by atoms with Crippen LogP contribution in [0.2, 0.25) is 0 Å². The normalized spacial score (nSPS) is 14.2. The van der Waals surface area contributed by atoms with Gasteiger partial charge in [0.25, 0.3) is 0 Å². The maximum Gasteiger partial charge on any atom is 0.220 e. The number of carbonyl (C=O) groups is 1. The van der Waals surface area contributed by atoms with E-state index in [1.165, 1.54) is 57.8 Å². The lowest BCUT2D eigenvalue weighted by Gasteiger charge is -2.19. The van der Waals surface area contributed by atoms with Gasteiger partial charge in [0.15, 0.2) is 0 Å². The minimum Gasteiger partial charge on any atom is -0.394 e. The molecule has 0 aromatic heterocycles. The molecule has 0 saturated heterocycles. The van der Waals surface area contributed by atoms with E-state index in [0.29, 0.717) is 6.42 Å². The summed E-state index contributed by atoms with van der Waals surface area (Å²) in [5, 5.41) is 22.9. The Labute approximate surface area is 376 Å². The summed E-state index contributed by atoms with van der Waals surface area (Å²) in [5.74, 6) is -0.0915. The zero-order chi connectivity index (χ0) is 44.2. The van der Waals surface area contributed by atoms with E-state index in [1.54, 1.807) is 6.08 Å². The van der Waals surface area contributed by atoms with Crippen LogP contribution in [-0.4, -0.2) is 34.9 Å². The van der Waals surface area contributed by atoms with E-state index in [2.05, 4.69) is 153 Å². The van der Waals surface area contributed by atoms with Crippen molar-refractivity contribution in [2.75, 3.05) is 6.61 Å². The SMILES string of the molecule is CC/C=C\C/C=C\C/C=C\C/C=C\C/C=C\C/C=C\C/C=C\C/C=C\C/C=C\CCCCCCCCCCCCCC(=O)NC(CO)C(O)/C=C/CC/C=C/CC/C=C/CC. The molecule has 61 heavy (non-hydrogen) atoms. The zero-order valence-corrected chi connectivity index (χ0v) is 39.1. The van der Waals surface area contributed by atoms with Crippen molar-refractivity contribution in [1.29, 1.82) is 0 Å². The Hall–Kier alpha value is -3.73. The van der Waals surface area contributed by atoms with E-state index in [1.807, 2.05) is 6.08 Å². The number of carbonyl (C=O) groups excluding carboxylic acids is 1. The molecule has 0 rings (SSSR count). The molecule has 0 heterocycles. The van der Waals surface area contributed by atoms with Crippen molar-refractivity contribution < 1.29 is 15.0 Å². The van der Waals surface area contributed by atoms with Crippen LogP contribution in [0.1, 0.15) is 187 Å². The number of allylic oxidation sites excluding steroid dienone is 23. The Morgan fingerprint density at radius 2 is 0.689 bits per heavy atom. The molecule has 0 saturated carbocycles. The highest BCUT2D eigenvalue weighted by atomic mass is 16.3. The summed E-state index contributed by atoms with van der Waals surface area (Å²) >= 11 is 0. The molecule has 0 aliphatic carbocycles. The van der Waals surface area contributed by atoms with E-state index in [0.717, 1.165) is 109 Å². The third-order valence-corrected chi connectivity index (χ3v) is 10.0. The second-order valence-corrected chi connectivity index (χ2v) is 15.7. The largest absolute Gasteiger partial charge is 0.394 e. The Morgan fingerprint density at radius 1 is 0.393 bits per heavy atom. The van der Waals surface area contributed by atoms with Crippen LogP contribution >= 0.6 is 0 Å². The number of unbranched alkanes of at least 4 members (excludes halogenated alkanes) is 13. The lowest BCUT2D eigenvalue weighted by atomic mass is 10.0. The third kappa shape index (κ3) is 47.2.